The second-order valence-corrected chi connectivity index (χ2v) is 8.00. The molecule has 126 valence electrons. The second-order valence-electron chi connectivity index (χ2n) is 6.01. The van der Waals surface area contributed by atoms with Gasteiger partial charge in [-0.15, -0.1) is 11.3 Å². The minimum absolute atomic E-state index is 0.293. The minimum Gasteiger partial charge on any atom is -0.451 e. The maximum absolute atomic E-state index is 12.2. The largest absolute Gasteiger partial charge is 0.451 e. The fraction of sp³-hybridized carbons (Fsp3) is 0.333. The summed E-state index contributed by atoms with van der Waals surface area (Å²) in [6.07, 6.45) is 3.20. The number of anilines is 1. The smallest absolute Gasteiger partial charge is 0.348 e. The molecule has 0 aliphatic heterocycles. The molecule has 24 heavy (non-hydrogen) atoms. The lowest BCUT2D eigenvalue weighted by Crippen LogP contribution is -2.20. The van der Waals surface area contributed by atoms with Crippen LogP contribution in [0.15, 0.2) is 34.8 Å². The summed E-state index contributed by atoms with van der Waals surface area (Å²) in [6.45, 7) is 1.93. The Morgan fingerprint density at radius 2 is 2.17 bits per heavy atom. The van der Waals surface area contributed by atoms with Crippen molar-refractivity contribution in [3.63, 3.8) is 0 Å². The zero-order valence-electron chi connectivity index (χ0n) is 13.3. The molecule has 0 spiro atoms. The van der Waals surface area contributed by atoms with E-state index < -0.39 is 5.97 Å². The van der Waals surface area contributed by atoms with Gasteiger partial charge in [0.1, 0.15) is 4.88 Å². The van der Waals surface area contributed by atoms with Crippen molar-refractivity contribution in [2.45, 2.75) is 26.2 Å². The number of esters is 1. The third-order valence-electron chi connectivity index (χ3n) is 4.01. The zero-order valence-corrected chi connectivity index (χ0v) is 15.7. The molecule has 1 atom stereocenters. The van der Waals surface area contributed by atoms with Gasteiger partial charge in [0.2, 0.25) is 0 Å². The molecule has 4 nitrogen and oxygen atoms in total. The molecule has 1 heterocycles. The first-order valence-corrected chi connectivity index (χ1v) is 9.47. The number of benzene rings is 1. The molecule has 1 amide bonds. The van der Waals surface area contributed by atoms with Gasteiger partial charge in [-0.2, -0.15) is 0 Å². The van der Waals surface area contributed by atoms with Crippen LogP contribution in [0.4, 0.5) is 5.69 Å². The quantitative estimate of drug-likeness (QED) is 0.762. The third-order valence-corrected chi connectivity index (χ3v) is 5.92. The molecule has 0 fully saturated rings. The third kappa shape index (κ3) is 4.05. The number of carbonyl (C=O) groups is 2. The van der Waals surface area contributed by atoms with E-state index in [-0.39, 0.29) is 12.5 Å². The van der Waals surface area contributed by atoms with E-state index in [4.69, 9.17) is 4.74 Å². The normalized spacial score (nSPS) is 16.3. The summed E-state index contributed by atoms with van der Waals surface area (Å²) in [5, 5.41) is 2.71. The lowest BCUT2D eigenvalue weighted by atomic mass is 9.90. The highest BCUT2D eigenvalue weighted by molar-refractivity contribution is 9.10. The maximum Gasteiger partial charge on any atom is 0.348 e. The van der Waals surface area contributed by atoms with Crippen LogP contribution in [-0.4, -0.2) is 18.5 Å². The van der Waals surface area contributed by atoms with Crippen molar-refractivity contribution < 1.29 is 14.3 Å². The average molecular weight is 408 g/mol. The number of halogens is 1. The Labute approximate surface area is 153 Å². The van der Waals surface area contributed by atoms with Crippen molar-refractivity contribution in [2.24, 2.45) is 5.92 Å². The van der Waals surface area contributed by atoms with Gasteiger partial charge in [-0.3, -0.25) is 4.79 Å². The van der Waals surface area contributed by atoms with Gasteiger partial charge < -0.3 is 10.1 Å². The average Bonchev–Trinajstić information content (AvgIpc) is 2.98. The first-order chi connectivity index (χ1) is 11.5. The molecule has 0 saturated heterocycles. The number of thiophene rings is 1. The first-order valence-electron chi connectivity index (χ1n) is 7.86. The Morgan fingerprint density at radius 1 is 1.38 bits per heavy atom. The van der Waals surface area contributed by atoms with Gasteiger partial charge in [-0.1, -0.05) is 19.1 Å². The highest BCUT2D eigenvalue weighted by atomic mass is 79.9. The van der Waals surface area contributed by atoms with Crippen molar-refractivity contribution in [1.29, 1.82) is 0 Å². The van der Waals surface area contributed by atoms with Crippen molar-refractivity contribution in [3.05, 3.63) is 50.1 Å². The van der Waals surface area contributed by atoms with Gasteiger partial charge in [0, 0.05) is 9.35 Å². The Morgan fingerprint density at radius 3 is 2.96 bits per heavy atom. The Hall–Kier alpha value is -1.66. The van der Waals surface area contributed by atoms with E-state index in [0.717, 1.165) is 23.7 Å². The molecular formula is C18H18BrNO3S. The standard InChI is InChI=1S/C18H18BrNO3S/c1-11-6-7-15-12(8-11)9-16(24-15)18(22)23-10-17(21)20-14-5-3-2-4-13(14)19/h2-5,9,11H,6-8,10H2,1H3,(H,20,21)/t11-/m0/s1. The lowest BCUT2D eigenvalue weighted by molar-refractivity contribution is -0.119. The van der Waals surface area contributed by atoms with Crippen molar-refractivity contribution in [2.75, 3.05) is 11.9 Å². The number of aryl methyl sites for hydroxylation is 1. The van der Waals surface area contributed by atoms with Crippen molar-refractivity contribution in [3.8, 4) is 0 Å². The topological polar surface area (TPSA) is 55.4 Å². The molecule has 6 heteroatoms. The number of rotatable bonds is 4. The molecular weight excluding hydrogens is 390 g/mol. The van der Waals surface area contributed by atoms with E-state index in [1.807, 2.05) is 24.3 Å². The fourth-order valence-corrected chi connectivity index (χ4v) is 4.24. The molecule has 1 N–H and O–H groups in total. The summed E-state index contributed by atoms with van der Waals surface area (Å²) >= 11 is 4.85. The summed E-state index contributed by atoms with van der Waals surface area (Å²) in [5.74, 6) is -0.124. The number of para-hydroxylation sites is 1. The fourth-order valence-electron chi connectivity index (χ4n) is 2.76. The van der Waals surface area contributed by atoms with Crippen LogP contribution in [0.3, 0.4) is 0 Å². The van der Waals surface area contributed by atoms with Crippen molar-refractivity contribution in [1.82, 2.24) is 0 Å². The molecule has 1 aromatic carbocycles. The molecule has 0 saturated carbocycles. The number of ether oxygens (including phenoxy) is 1. The van der Waals surface area contributed by atoms with Crippen LogP contribution in [0.5, 0.6) is 0 Å². The number of hydrogen-bond acceptors (Lipinski definition) is 4. The van der Waals surface area contributed by atoms with E-state index in [1.54, 1.807) is 6.07 Å². The molecule has 2 aromatic rings. The zero-order chi connectivity index (χ0) is 17.1. The predicted octanol–water partition coefficient (Wildman–Crippen LogP) is 4.43. The first kappa shape index (κ1) is 17.2. The molecule has 0 bridgehead atoms. The van der Waals surface area contributed by atoms with E-state index in [9.17, 15) is 9.59 Å². The summed E-state index contributed by atoms with van der Waals surface area (Å²) in [7, 11) is 0. The Kier molecular flexibility index (Phi) is 5.36. The predicted molar refractivity (Wildman–Crippen MR) is 98.6 cm³/mol. The van der Waals surface area contributed by atoms with Gasteiger partial charge >= 0.3 is 5.97 Å². The number of nitrogens with one attached hydrogen (secondary N) is 1. The van der Waals surface area contributed by atoms with Crippen LogP contribution >= 0.6 is 27.3 Å². The van der Waals surface area contributed by atoms with Gasteiger partial charge in [-0.25, -0.2) is 4.79 Å². The Balaban J connectivity index is 1.56. The maximum atomic E-state index is 12.2. The second kappa shape index (κ2) is 7.49. The van der Waals surface area contributed by atoms with Gasteiger partial charge in [-0.05, 0) is 64.9 Å². The molecule has 0 radical (unpaired) electrons. The lowest BCUT2D eigenvalue weighted by Gasteiger charge is -2.16. The van der Waals surface area contributed by atoms with Gasteiger partial charge in [0.15, 0.2) is 6.61 Å². The van der Waals surface area contributed by atoms with Crippen LogP contribution in [0.25, 0.3) is 0 Å². The number of hydrogen-bond donors (Lipinski definition) is 1. The minimum atomic E-state index is -0.427. The van der Waals surface area contributed by atoms with Gasteiger partial charge in [0.05, 0.1) is 5.69 Å². The van der Waals surface area contributed by atoms with Crippen LogP contribution < -0.4 is 5.32 Å². The van der Waals surface area contributed by atoms with E-state index in [0.29, 0.717) is 16.5 Å². The van der Waals surface area contributed by atoms with Crippen LogP contribution in [0.2, 0.25) is 0 Å². The summed E-state index contributed by atoms with van der Waals surface area (Å²) < 4.78 is 5.93. The highest BCUT2D eigenvalue weighted by Crippen LogP contribution is 2.32. The number of carbonyl (C=O) groups excluding carboxylic acids is 2. The highest BCUT2D eigenvalue weighted by Gasteiger charge is 2.21. The van der Waals surface area contributed by atoms with Crippen LogP contribution in [0, 0.1) is 5.92 Å². The summed E-state index contributed by atoms with van der Waals surface area (Å²) in [4.78, 5) is 26.0. The number of amides is 1. The summed E-state index contributed by atoms with van der Waals surface area (Å²) in [6, 6.07) is 9.21. The van der Waals surface area contributed by atoms with Crippen LogP contribution in [-0.2, 0) is 22.4 Å². The van der Waals surface area contributed by atoms with E-state index in [1.165, 1.54) is 21.8 Å². The SMILES string of the molecule is C[C@H]1CCc2sc(C(=O)OCC(=O)Nc3ccccc3Br)cc2C1. The molecule has 1 aliphatic carbocycles. The molecule has 0 unspecified atom stereocenters. The van der Waals surface area contributed by atoms with Crippen LogP contribution in [0.1, 0.15) is 33.5 Å². The molecule has 3 rings (SSSR count). The molecule has 1 aromatic heterocycles. The van der Waals surface area contributed by atoms with E-state index in [2.05, 4.69) is 28.2 Å². The number of fused-ring (bicyclic) bond motifs is 1. The van der Waals surface area contributed by atoms with E-state index >= 15 is 0 Å². The van der Waals surface area contributed by atoms with Crippen molar-refractivity contribution >= 4 is 44.8 Å². The summed E-state index contributed by atoms with van der Waals surface area (Å²) in [5.41, 5.74) is 1.91. The Bertz CT molecular complexity index is 771. The monoisotopic (exact) mass is 407 g/mol. The van der Waals surface area contributed by atoms with Gasteiger partial charge in [0.25, 0.3) is 5.91 Å². The molecule has 1 aliphatic rings.